The van der Waals surface area contributed by atoms with Crippen LogP contribution in [-0.2, 0) is 0 Å². The number of nitrogens with zero attached hydrogens (tertiary/aromatic N) is 1. The van der Waals surface area contributed by atoms with Crippen molar-refractivity contribution in [3.05, 3.63) is 29.3 Å². The van der Waals surface area contributed by atoms with Crippen molar-refractivity contribution in [1.29, 1.82) is 0 Å². The molecule has 3 nitrogen and oxygen atoms in total. The van der Waals surface area contributed by atoms with Gasteiger partial charge in [0.1, 0.15) is 11.5 Å². The van der Waals surface area contributed by atoms with E-state index in [-0.39, 0.29) is 5.69 Å². The predicted molar refractivity (Wildman–Crippen MR) is 37.4 cm³/mol. The summed E-state index contributed by atoms with van der Waals surface area (Å²) in [7, 11) is 0. The van der Waals surface area contributed by atoms with Gasteiger partial charge in [-0.05, 0) is 6.92 Å². The van der Waals surface area contributed by atoms with Gasteiger partial charge in [-0.1, -0.05) is 0 Å². The number of amides is 1. The van der Waals surface area contributed by atoms with Crippen LogP contribution in [0.1, 0.15) is 16.1 Å². The summed E-state index contributed by atoms with van der Waals surface area (Å²) >= 11 is 0. The Morgan fingerprint density at radius 1 is 1.73 bits per heavy atom. The van der Waals surface area contributed by atoms with Crippen LogP contribution in [0.2, 0.25) is 0 Å². The molecule has 0 radical (unpaired) electrons. The molecule has 11 heavy (non-hydrogen) atoms. The second-order valence-corrected chi connectivity index (χ2v) is 2.18. The standard InChI is InChI=1S/C7H7FN2O/c1-4-3-10-6(7(9)11)2-5(4)8/h2-3H,1H3,(H2,9,11). The smallest absolute Gasteiger partial charge is 0.267 e. The van der Waals surface area contributed by atoms with E-state index in [0.717, 1.165) is 6.07 Å². The summed E-state index contributed by atoms with van der Waals surface area (Å²) in [6.45, 7) is 1.56. The molecule has 1 heterocycles. The maximum Gasteiger partial charge on any atom is 0.267 e. The Hall–Kier alpha value is -1.45. The Labute approximate surface area is 63.0 Å². The van der Waals surface area contributed by atoms with Crippen LogP contribution in [0.15, 0.2) is 12.3 Å². The number of hydrogen-bond donors (Lipinski definition) is 1. The van der Waals surface area contributed by atoms with Gasteiger partial charge in [-0.2, -0.15) is 0 Å². The average Bonchev–Trinajstić information content (AvgIpc) is 1.94. The highest BCUT2D eigenvalue weighted by molar-refractivity contribution is 5.90. The van der Waals surface area contributed by atoms with Crippen LogP contribution in [0.4, 0.5) is 4.39 Å². The Bertz CT molecular complexity index is 298. The van der Waals surface area contributed by atoms with Crippen LogP contribution < -0.4 is 5.73 Å². The van der Waals surface area contributed by atoms with Crippen LogP contribution >= 0.6 is 0 Å². The minimum atomic E-state index is -0.719. The molecule has 0 bridgehead atoms. The lowest BCUT2D eigenvalue weighted by Gasteiger charge is -1.96. The molecular formula is C7H7FN2O. The molecule has 0 unspecified atom stereocenters. The molecule has 0 fully saturated rings. The van der Waals surface area contributed by atoms with E-state index in [4.69, 9.17) is 5.73 Å². The molecule has 0 saturated heterocycles. The van der Waals surface area contributed by atoms with Gasteiger partial charge in [0.15, 0.2) is 0 Å². The fraction of sp³-hybridized carbons (Fsp3) is 0.143. The number of nitrogens with two attached hydrogens (primary N) is 1. The van der Waals surface area contributed by atoms with Crippen molar-refractivity contribution in [1.82, 2.24) is 4.98 Å². The van der Waals surface area contributed by atoms with E-state index in [1.165, 1.54) is 6.20 Å². The second-order valence-electron chi connectivity index (χ2n) is 2.18. The Morgan fingerprint density at radius 3 is 2.82 bits per heavy atom. The number of carbonyl (C=O) groups is 1. The first-order valence-corrected chi connectivity index (χ1v) is 3.03. The number of aryl methyl sites for hydroxylation is 1. The van der Waals surface area contributed by atoms with Crippen LogP contribution in [0.3, 0.4) is 0 Å². The van der Waals surface area contributed by atoms with Crippen molar-refractivity contribution in [2.75, 3.05) is 0 Å². The zero-order valence-electron chi connectivity index (χ0n) is 5.97. The van der Waals surface area contributed by atoms with Gasteiger partial charge in [-0.15, -0.1) is 0 Å². The van der Waals surface area contributed by atoms with E-state index in [2.05, 4.69) is 4.98 Å². The van der Waals surface area contributed by atoms with Gasteiger partial charge in [-0.3, -0.25) is 9.78 Å². The molecule has 0 aromatic carbocycles. The third kappa shape index (κ3) is 1.52. The van der Waals surface area contributed by atoms with Crippen molar-refractivity contribution in [3.8, 4) is 0 Å². The van der Waals surface area contributed by atoms with Crippen LogP contribution in [0.5, 0.6) is 0 Å². The van der Waals surface area contributed by atoms with Gasteiger partial charge >= 0.3 is 0 Å². The highest BCUT2D eigenvalue weighted by Crippen LogP contribution is 2.04. The average molecular weight is 154 g/mol. The molecule has 0 atom stereocenters. The number of primary amides is 1. The SMILES string of the molecule is Cc1cnc(C(N)=O)cc1F. The number of pyridine rings is 1. The van der Waals surface area contributed by atoms with E-state index in [1.807, 2.05) is 0 Å². The molecule has 0 spiro atoms. The van der Waals surface area contributed by atoms with Crippen molar-refractivity contribution in [2.45, 2.75) is 6.92 Å². The number of hydrogen-bond acceptors (Lipinski definition) is 2. The highest BCUT2D eigenvalue weighted by atomic mass is 19.1. The molecule has 58 valence electrons. The molecule has 1 amide bonds. The monoisotopic (exact) mass is 154 g/mol. The Morgan fingerprint density at radius 2 is 2.36 bits per heavy atom. The van der Waals surface area contributed by atoms with Gasteiger partial charge in [-0.25, -0.2) is 4.39 Å². The molecule has 0 saturated carbocycles. The largest absolute Gasteiger partial charge is 0.364 e. The molecule has 4 heteroatoms. The Balaban J connectivity index is 3.15. The van der Waals surface area contributed by atoms with E-state index < -0.39 is 11.7 Å². The number of carbonyl (C=O) groups excluding carboxylic acids is 1. The maximum atomic E-state index is 12.7. The summed E-state index contributed by atoms with van der Waals surface area (Å²) in [5.74, 6) is -1.18. The molecule has 0 aliphatic heterocycles. The quantitative estimate of drug-likeness (QED) is 0.644. The van der Waals surface area contributed by atoms with Crippen molar-refractivity contribution in [2.24, 2.45) is 5.73 Å². The Kier molecular flexibility index (Phi) is 1.85. The first-order valence-electron chi connectivity index (χ1n) is 3.03. The van der Waals surface area contributed by atoms with E-state index in [1.54, 1.807) is 6.92 Å². The fourth-order valence-electron chi connectivity index (χ4n) is 0.634. The fourth-order valence-corrected chi connectivity index (χ4v) is 0.634. The van der Waals surface area contributed by atoms with Crippen LogP contribution in [-0.4, -0.2) is 10.9 Å². The summed E-state index contributed by atoms with van der Waals surface area (Å²) in [4.78, 5) is 14.1. The van der Waals surface area contributed by atoms with Gasteiger partial charge in [0.2, 0.25) is 0 Å². The second kappa shape index (κ2) is 2.65. The number of halogens is 1. The molecule has 2 N–H and O–H groups in total. The lowest BCUT2D eigenvalue weighted by atomic mass is 10.2. The van der Waals surface area contributed by atoms with Gasteiger partial charge in [0.05, 0.1) is 0 Å². The first kappa shape index (κ1) is 7.65. The number of aromatic nitrogens is 1. The maximum absolute atomic E-state index is 12.7. The summed E-state index contributed by atoms with van der Waals surface area (Å²) in [5, 5.41) is 0. The summed E-state index contributed by atoms with van der Waals surface area (Å²) < 4.78 is 12.7. The molecule has 0 aliphatic carbocycles. The topological polar surface area (TPSA) is 56.0 Å². The third-order valence-electron chi connectivity index (χ3n) is 1.29. The van der Waals surface area contributed by atoms with Crippen molar-refractivity contribution in [3.63, 3.8) is 0 Å². The summed E-state index contributed by atoms with van der Waals surface area (Å²) in [6.07, 6.45) is 1.27. The lowest BCUT2D eigenvalue weighted by Crippen LogP contribution is -2.13. The van der Waals surface area contributed by atoms with Crippen LogP contribution in [0, 0.1) is 12.7 Å². The summed E-state index contributed by atoms with van der Waals surface area (Å²) in [6, 6.07) is 1.03. The minimum Gasteiger partial charge on any atom is -0.364 e. The van der Waals surface area contributed by atoms with Crippen molar-refractivity contribution < 1.29 is 9.18 Å². The zero-order valence-corrected chi connectivity index (χ0v) is 5.97. The van der Waals surface area contributed by atoms with E-state index in [9.17, 15) is 9.18 Å². The number of rotatable bonds is 1. The zero-order chi connectivity index (χ0) is 8.43. The molecule has 1 aromatic rings. The van der Waals surface area contributed by atoms with E-state index in [0.29, 0.717) is 5.56 Å². The van der Waals surface area contributed by atoms with E-state index >= 15 is 0 Å². The molecule has 1 rings (SSSR count). The van der Waals surface area contributed by atoms with Crippen molar-refractivity contribution >= 4 is 5.91 Å². The minimum absolute atomic E-state index is 0.0481. The van der Waals surface area contributed by atoms with Gasteiger partial charge < -0.3 is 5.73 Å². The normalized spacial score (nSPS) is 9.64. The predicted octanol–water partition coefficient (Wildman–Crippen LogP) is 0.628. The van der Waals surface area contributed by atoms with Crippen LogP contribution in [0.25, 0.3) is 0 Å². The lowest BCUT2D eigenvalue weighted by molar-refractivity contribution is 0.0995. The highest BCUT2D eigenvalue weighted by Gasteiger charge is 2.04. The molecule has 0 aliphatic rings. The summed E-state index contributed by atoms with van der Waals surface area (Å²) in [5.41, 5.74) is 5.21. The molecular weight excluding hydrogens is 147 g/mol. The first-order chi connectivity index (χ1) is 5.11. The van der Waals surface area contributed by atoms with Gasteiger partial charge in [0, 0.05) is 17.8 Å². The third-order valence-corrected chi connectivity index (χ3v) is 1.29. The molecule has 1 aromatic heterocycles. The van der Waals surface area contributed by atoms with Gasteiger partial charge in [0.25, 0.3) is 5.91 Å².